The first-order valence-corrected chi connectivity index (χ1v) is 11.4. The third kappa shape index (κ3) is 3.73. The van der Waals surface area contributed by atoms with Crippen LogP contribution in [0.3, 0.4) is 0 Å². The van der Waals surface area contributed by atoms with Gasteiger partial charge >= 0.3 is 0 Å². The van der Waals surface area contributed by atoms with E-state index in [1.807, 2.05) is 25.2 Å². The van der Waals surface area contributed by atoms with Crippen LogP contribution in [0.4, 0.5) is 0 Å². The average Bonchev–Trinajstić information content (AvgIpc) is 2.81. The lowest BCUT2D eigenvalue weighted by Crippen LogP contribution is -2.38. The molecule has 1 saturated heterocycles. The first-order chi connectivity index (χ1) is 16.2. The lowest BCUT2D eigenvalue weighted by atomic mass is 9.93. The monoisotopic (exact) mass is 438 g/mol. The highest BCUT2D eigenvalue weighted by Crippen LogP contribution is 2.36. The molecule has 2 aliphatic heterocycles. The number of nitrogens with zero attached hydrogens (tertiary/aromatic N) is 1. The zero-order valence-corrected chi connectivity index (χ0v) is 18.8. The first kappa shape index (κ1) is 20.2. The van der Waals surface area contributed by atoms with Crippen LogP contribution in [-0.2, 0) is 11.3 Å². The Labute approximate surface area is 193 Å². The van der Waals surface area contributed by atoms with Gasteiger partial charge in [-0.2, -0.15) is 0 Å². The van der Waals surface area contributed by atoms with E-state index in [1.165, 1.54) is 22.3 Å². The number of benzene rings is 3. The largest absolute Gasteiger partial charge is 0.489 e. The molecule has 33 heavy (non-hydrogen) atoms. The summed E-state index contributed by atoms with van der Waals surface area (Å²) in [6.45, 7) is 3.88. The van der Waals surface area contributed by atoms with Crippen LogP contribution in [0.15, 0.2) is 66.7 Å². The molecule has 5 nitrogen and oxygen atoms in total. The summed E-state index contributed by atoms with van der Waals surface area (Å²) in [6, 6.07) is 23.5. The average molecular weight is 439 g/mol. The van der Waals surface area contributed by atoms with Crippen molar-refractivity contribution in [1.29, 1.82) is 0 Å². The zero-order valence-electron chi connectivity index (χ0n) is 18.8. The minimum Gasteiger partial charge on any atom is -0.489 e. The van der Waals surface area contributed by atoms with E-state index in [1.54, 1.807) is 0 Å². The lowest BCUT2D eigenvalue weighted by Gasteiger charge is -2.26. The van der Waals surface area contributed by atoms with E-state index in [9.17, 15) is 0 Å². The molecule has 3 heterocycles. The lowest BCUT2D eigenvalue weighted by molar-refractivity contribution is -0.0812. The Kier molecular flexibility index (Phi) is 5.01. The van der Waals surface area contributed by atoms with Gasteiger partial charge in [-0.3, -0.25) is 0 Å². The molecule has 0 radical (unpaired) electrons. The number of rotatable bonds is 3. The number of pyridine rings is 1. The van der Waals surface area contributed by atoms with Crippen LogP contribution >= 0.6 is 0 Å². The van der Waals surface area contributed by atoms with Crippen molar-refractivity contribution < 1.29 is 14.2 Å². The molecule has 1 N–H and O–H groups in total. The van der Waals surface area contributed by atoms with Gasteiger partial charge in [-0.15, -0.1) is 0 Å². The smallest absolute Gasteiger partial charge is 0.214 e. The van der Waals surface area contributed by atoms with E-state index >= 15 is 0 Å². The second-order valence-electron chi connectivity index (χ2n) is 8.79. The topological polar surface area (TPSA) is 52.6 Å². The minimum atomic E-state index is 0.0634. The van der Waals surface area contributed by atoms with E-state index in [0.29, 0.717) is 25.7 Å². The Morgan fingerprint density at radius 3 is 2.64 bits per heavy atom. The fourth-order valence-electron chi connectivity index (χ4n) is 4.62. The van der Waals surface area contributed by atoms with Crippen molar-refractivity contribution in [2.75, 3.05) is 20.3 Å². The summed E-state index contributed by atoms with van der Waals surface area (Å²) in [5, 5.41) is 4.59. The SMILES string of the molecule is CNC1c2ccc(C)c(c2)COc2cccc(c2)-c2cc(OC3COC3)nc3ccc1cc23. The molecule has 1 fully saturated rings. The van der Waals surface area contributed by atoms with Crippen molar-refractivity contribution in [3.8, 4) is 22.8 Å². The van der Waals surface area contributed by atoms with E-state index in [2.05, 4.69) is 60.8 Å². The highest BCUT2D eigenvalue weighted by Gasteiger charge is 2.22. The highest BCUT2D eigenvalue weighted by molar-refractivity contribution is 5.96. The molecule has 2 aliphatic rings. The predicted molar refractivity (Wildman–Crippen MR) is 129 cm³/mol. The molecule has 1 unspecified atom stereocenters. The molecule has 6 rings (SSSR count). The summed E-state index contributed by atoms with van der Waals surface area (Å²) >= 11 is 0. The van der Waals surface area contributed by atoms with E-state index in [4.69, 9.17) is 19.2 Å². The fourth-order valence-corrected chi connectivity index (χ4v) is 4.62. The second kappa shape index (κ2) is 8.18. The maximum atomic E-state index is 6.24. The Bertz CT molecular complexity index is 1350. The van der Waals surface area contributed by atoms with E-state index in [0.717, 1.165) is 27.8 Å². The normalized spacial score (nSPS) is 17.5. The molecule has 1 aromatic heterocycles. The molecule has 0 saturated carbocycles. The van der Waals surface area contributed by atoms with Crippen molar-refractivity contribution in [1.82, 2.24) is 10.3 Å². The van der Waals surface area contributed by atoms with Gasteiger partial charge in [0.1, 0.15) is 18.5 Å². The molecule has 6 bridgehead atoms. The molecule has 0 amide bonds. The van der Waals surface area contributed by atoms with Crippen LogP contribution in [0.5, 0.6) is 11.6 Å². The molecule has 3 aromatic carbocycles. The summed E-state index contributed by atoms with van der Waals surface area (Å²) in [6.07, 6.45) is 0.0639. The Morgan fingerprint density at radius 2 is 1.82 bits per heavy atom. The van der Waals surface area contributed by atoms with Crippen LogP contribution in [0.25, 0.3) is 22.0 Å². The Balaban J connectivity index is 1.58. The van der Waals surface area contributed by atoms with Gasteiger partial charge in [-0.1, -0.05) is 36.4 Å². The molecule has 166 valence electrons. The van der Waals surface area contributed by atoms with Gasteiger partial charge in [0.15, 0.2) is 0 Å². The molecular formula is C28H26N2O3. The van der Waals surface area contributed by atoms with Gasteiger partial charge in [0, 0.05) is 11.5 Å². The minimum absolute atomic E-state index is 0.0634. The Morgan fingerprint density at radius 1 is 0.970 bits per heavy atom. The number of hydrogen-bond donors (Lipinski definition) is 1. The van der Waals surface area contributed by atoms with Crippen LogP contribution in [0.1, 0.15) is 28.3 Å². The molecule has 4 aromatic rings. The summed E-state index contributed by atoms with van der Waals surface area (Å²) in [4.78, 5) is 4.82. The van der Waals surface area contributed by atoms with Gasteiger partial charge < -0.3 is 19.5 Å². The van der Waals surface area contributed by atoms with Gasteiger partial charge in [0.2, 0.25) is 5.88 Å². The van der Waals surface area contributed by atoms with Gasteiger partial charge in [-0.25, -0.2) is 4.98 Å². The van der Waals surface area contributed by atoms with Crippen LogP contribution < -0.4 is 14.8 Å². The van der Waals surface area contributed by atoms with Crippen molar-refractivity contribution in [2.24, 2.45) is 0 Å². The third-order valence-corrected chi connectivity index (χ3v) is 6.57. The molecular weight excluding hydrogens is 412 g/mol. The molecule has 1 atom stereocenters. The third-order valence-electron chi connectivity index (χ3n) is 6.57. The molecule has 5 heteroatoms. The number of ether oxygens (including phenoxy) is 3. The van der Waals surface area contributed by atoms with Crippen molar-refractivity contribution in [3.63, 3.8) is 0 Å². The summed E-state index contributed by atoms with van der Waals surface area (Å²) in [7, 11) is 2.00. The number of hydrogen-bond acceptors (Lipinski definition) is 5. The maximum absolute atomic E-state index is 6.24. The number of aryl methyl sites for hydroxylation is 1. The standard InChI is InChI=1S/C28H26N2O3/c1-17-6-7-19-10-21(17)14-32-22-5-3-4-18(11-22)24-13-27(33-23-15-31-16-23)30-26-9-8-20(12-25(24)26)28(19)29-2/h3-13,23,28-29H,14-16H2,1-2H3. The number of aromatic nitrogens is 1. The zero-order chi connectivity index (χ0) is 22.4. The predicted octanol–water partition coefficient (Wildman–Crippen LogP) is 5.19. The van der Waals surface area contributed by atoms with E-state index < -0.39 is 0 Å². The number of fused-ring (bicyclic) bond motifs is 6. The fraction of sp³-hybridized carbons (Fsp3) is 0.250. The van der Waals surface area contributed by atoms with Gasteiger partial charge in [0.05, 0.1) is 24.8 Å². The van der Waals surface area contributed by atoms with Crippen molar-refractivity contribution >= 4 is 10.9 Å². The number of nitrogens with one attached hydrogen (secondary N) is 1. The van der Waals surface area contributed by atoms with Crippen molar-refractivity contribution in [2.45, 2.75) is 25.7 Å². The van der Waals surface area contributed by atoms with Crippen LogP contribution in [0.2, 0.25) is 0 Å². The molecule has 0 spiro atoms. The summed E-state index contributed by atoms with van der Waals surface area (Å²) in [5.74, 6) is 1.47. The summed E-state index contributed by atoms with van der Waals surface area (Å²) < 4.78 is 17.6. The second-order valence-corrected chi connectivity index (χ2v) is 8.79. The van der Waals surface area contributed by atoms with Crippen molar-refractivity contribution in [3.05, 3.63) is 89.0 Å². The quantitative estimate of drug-likeness (QED) is 0.477. The first-order valence-electron chi connectivity index (χ1n) is 11.4. The van der Waals surface area contributed by atoms with Crippen LogP contribution in [0, 0.1) is 6.92 Å². The van der Waals surface area contributed by atoms with Gasteiger partial charge in [-0.05, 0) is 71.6 Å². The van der Waals surface area contributed by atoms with Gasteiger partial charge in [0.25, 0.3) is 0 Å². The molecule has 0 aliphatic carbocycles. The maximum Gasteiger partial charge on any atom is 0.214 e. The highest BCUT2D eigenvalue weighted by atomic mass is 16.6. The Hall–Kier alpha value is -3.41. The van der Waals surface area contributed by atoms with E-state index in [-0.39, 0.29) is 12.1 Å². The van der Waals surface area contributed by atoms with Crippen LogP contribution in [-0.4, -0.2) is 31.3 Å². The summed E-state index contributed by atoms with van der Waals surface area (Å²) in [5.41, 5.74) is 7.90.